The van der Waals surface area contributed by atoms with Crippen molar-refractivity contribution in [2.24, 2.45) is 0 Å². The normalized spacial score (nSPS) is 12.2. The predicted octanol–water partition coefficient (Wildman–Crippen LogP) is 3.08. The summed E-state index contributed by atoms with van der Waals surface area (Å²) in [6.45, 7) is 0.499. The zero-order valence-corrected chi connectivity index (χ0v) is 13.7. The molecule has 0 aliphatic heterocycles. The molecule has 0 spiro atoms. The average Bonchev–Trinajstić information content (AvgIpc) is 2.60. The lowest BCUT2D eigenvalue weighted by Gasteiger charge is -2.07. The van der Waals surface area contributed by atoms with Gasteiger partial charge in [0.1, 0.15) is 11.5 Å². The molecular formula is C17H17N3O3S. The van der Waals surface area contributed by atoms with Crippen molar-refractivity contribution in [1.29, 1.82) is 0 Å². The van der Waals surface area contributed by atoms with E-state index in [9.17, 15) is 4.21 Å². The van der Waals surface area contributed by atoms with Gasteiger partial charge in [-0.15, -0.1) is 0 Å². The van der Waals surface area contributed by atoms with Crippen LogP contribution < -0.4 is 9.46 Å². The molecule has 0 aliphatic carbocycles. The predicted molar refractivity (Wildman–Crippen MR) is 93.1 cm³/mol. The second-order valence-electron chi connectivity index (χ2n) is 5.20. The van der Waals surface area contributed by atoms with Gasteiger partial charge in [-0.2, -0.15) is 0 Å². The molecule has 124 valence electrons. The van der Waals surface area contributed by atoms with Crippen LogP contribution in [-0.2, 0) is 17.7 Å². The van der Waals surface area contributed by atoms with Gasteiger partial charge < -0.3 is 4.74 Å². The Balaban J connectivity index is 1.59. The number of aromatic nitrogens is 2. The summed E-state index contributed by atoms with van der Waals surface area (Å²) in [5, 5.41) is 0. The van der Waals surface area contributed by atoms with Crippen LogP contribution in [0.3, 0.4) is 0 Å². The SMILES string of the molecule is O=S(O)NCCCc1ccc(Oc2ccc3nccnc3c2)cc1. The van der Waals surface area contributed by atoms with Gasteiger partial charge in [-0.1, -0.05) is 12.1 Å². The zero-order valence-electron chi connectivity index (χ0n) is 12.9. The number of benzene rings is 2. The molecule has 0 bridgehead atoms. The highest BCUT2D eigenvalue weighted by atomic mass is 32.2. The van der Waals surface area contributed by atoms with Gasteiger partial charge in [-0.3, -0.25) is 14.5 Å². The maximum Gasteiger partial charge on any atom is 0.231 e. The van der Waals surface area contributed by atoms with Gasteiger partial charge in [-0.05, 0) is 42.7 Å². The van der Waals surface area contributed by atoms with Crippen molar-refractivity contribution in [2.45, 2.75) is 12.8 Å². The lowest BCUT2D eigenvalue weighted by molar-refractivity contribution is 0.483. The van der Waals surface area contributed by atoms with Crippen LogP contribution in [0.1, 0.15) is 12.0 Å². The molecule has 3 aromatic rings. The van der Waals surface area contributed by atoms with E-state index in [1.807, 2.05) is 42.5 Å². The molecule has 7 heteroatoms. The number of rotatable bonds is 7. The summed E-state index contributed by atoms with van der Waals surface area (Å²) >= 11 is -1.94. The third-order valence-electron chi connectivity index (χ3n) is 3.47. The second kappa shape index (κ2) is 7.96. The molecule has 2 aromatic carbocycles. The van der Waals surface area contributed by atoms with Crippen molar-refractivity contribution >= 4 is 22.3 Å². The number of hydrogen-bond donors (Lipinski definition) is 2. The monoisotopic (exact) mass is 343 g/mol. The number of fused-ring (bicyclic) bond motifs is 1. The summed E-state index contributed by atoms with van der Waals surface area (Å²) in [5.41, 5.74) is 2.77. The third kappa shape index (κ3) is 4.58. The molecular weight excluding hydrogens is 326 g/mol. The van der Waals surface area contributed by atoms with Gasteiger partial charge in [0.25, 0.3) is 0 Å². The van der Waals surface area contributed by atoms with Crippen molar-refractivity contribution in [1.82, 2.24) is 14.7 Å². The van der Waals surface area contributed by atoms with Crippen LogP contribution in [0.4, 0.5) is 0 Å². The Hall–Kier alpha value is -2.35. The fraction of sp³-hybridized carbons (Fsp3) is 0.176. The third-order valence-corrected chi connectivity index (χ3v) is 3.92. The Bertz CT molecular complexity index is 840. The molecule has 1 unspecified atom stereocenters. The van der Waals surface area contributed by atoms with Gasteiger partial charge in [0.05, 0.1) is 11.0 Å². The molecule has 1 heterocycles. The smallest absolute Gasteiger partial charge is 0.231 e. The van der Waals surface area contributed by atoms with Gasteiger partial charge in [0.2, 0.25) is 11.3 Å². The number of aryl methyl sites for hydroxylation is 1. The van der Waals surface area contributed by atoms with Crippen LogP contribution in [0.5, 0.6) is 11.5 Å². The molecule has 0 saturated carbocycles. The maximum atomic E-state index is 10.5. The van der Waals surface area contributed by atoms with Crippen LogP contribution in [0, 0.1) is 0 Å². The average molecular weight is 343 g/mol. The second-order valence-corrected chi connectivity index (χ2v) is 5.99. The van der Waals surface area contributed by atoms with E-state index in [0.29, 0.717) is 12.3 Å². The van der Waals surface area contributed by atoms with E-state index >= 15 is 0 Å². The summed E-state index contributed by atoms with van der Waals surface area (Å²) in [7, 11) is 0. The van der Waals surface area contributed by atoms with Gasteiger partial charge in [-0.25, -0.2) is 8.93 Å². The lowest BCUT2D eigenvalue weighted by atomic mass is 10.1. The highest BCUT2D eigenvalue weighted by Crippen LogP contribution is 2.24. The minimum Gasteiger partial charge on any atom is -0.457 e. The molecule has 6 nitrogen and oxygen atoms in total. The van der Waals surface area contributed by atoms with E-state index < -0.39 is 11.3 Å². The van der Waals surface area contributed by atoms with Crippen molar-refractivity contribution in [3.8, 4) is 11.5 Å². The summed E-state index contributed by atoms with van der Waals surface area (Å²) in [6, 6.07) is 13.4. The van der Waals surface area contributed by atoms with E-state index in [1.54, 1.807) is 12.4 Å². The molecule has 2 N–H and O–H groups in total. The quantitative estimate of drug-likeness (QED) is 0.509. The zero-order chi connectivity index (χ0) is 16.8. The minimum absolute atomic E-state index is 0.499. The first-order valence-electron chi connectivity index (χ1n) is 7.53. The molecule has 1 aromatic heterocycles. The fourth-order valence-corrected chi connectivity index (χ4v) is 2.64. The Labute approximate surface area is 142 Å². The van der Waals surface area contributed by atoms with Crippen LogP contribution >= 0.6 is 0 Å². The molecule has 1 atom stereocenters. The molecule has 24 heavy (non-hydrogen) atoms. The first-order valence-corrected chi connectivity index (χ1v) is 8.63. The topological polar surface area (TPSA) is 84.3 Å². The van der Waals surface area contributed by atoms with Gasteiger partial charge >= 0.3 is 0 Å². The molecule has 0 amide bonds. The number of hydrogen-bond acceptors (Lipinski definition) is 4. The molecule has 3 rings (SSSR count). The van der Waals surface area contributed by atoms with Gasteiger partial charge in [0, 0.05) is 25.0 Å². The Morgan fingerprint density at radius 3 is 2.46 bits per heavy atom. The molecule has 0 aliphatic rings. The van der Waals surface area contributed by atoms with E-state index in [1.165, 1.54) is 0 Å². The number of nitrogens with zero attached hydrogens (tertiary/aromatic N) is 2. The van der Waals surface area contributed by atoms with Crippen molar-refractivity contribution in [2.75, 3.05) is 6.54 Å². The minimum atomic E-state index is -1.94. The maximum absolute atomic E-state index is 10.5. The first-order chi connectivity index (χ1) is 11.7. The van der Waals surface area contributed by atoms with Crippen LogP contribution in [0.25, 0.3) is 11.0 Å². The summed E-state index contributed by atoms with van der Waals surface area (Å²) in [5.74, 6) is 1.46. The van der Waals surface area contributed by atoms with E-state index in [0.717, 1.165) is 35.2 Å². The largest absolute Gasteiger partial charge is 0.457 e. The summed E-state index contributed by atoms with van der Waals surface area (Å²) in [4.78, 5) is 8.49. The highest BCUT2D eigenvalue weighted by molar-refractivity contribution is 7.77. The van der Waals surface area contributed by atoms with Crippen molar-refractivity contribution in [3.63, 3.8) is 0 Å². The number of nitrogens with one attached hydrogen (secondary N) is 1. The van der Waals surface area contributed by atoms with E-state index in [4.69, 9.17) is 9.29 Å². The molecule has 0 radical (unpaired) electrons. The lowest BCUT2D eigenvalue weighted by Crippen LogP contribution is -2.17. The Morgan fingerprint density at radius 1 is 1.00 bits per heavy atom. The Morgan fingerprint density at radius 2 is 1.71 bits per heavy atom. The summed E-state index contributed by atoms with van der Waals surface area (Å²) < 4.78 is 27.4. The van der Waals surface area contributed by atoms with Crippen LogP contribution in [-0.4, -0.2) is 25.3 Å². The van der Waals surface area contributed by atoms with E-state index in [2.05, 4.69) is 14.7 Å². The fourth-order valence-electron chi connectivity index (χ4n) is 2.32. The van der Waals surface area contributed by atoms with Gasteiger partial charge in [0.15, 0.2) is 0 Å². The van der Waals surface area contributed by atoms with Crippen molar-refractivity contribution < 1.29 is 13.5 Å². The number of ether oxygens (including phenoxy) is 1. The first kappa shape index (κ1) is 16.5. The standard InChI is InChI=1S/C17H17N3O3S/c21-24(22)20-9-1-2-13-3-5-14(6-4-13)23-15-7-8-16-17(12-15)19-11-10-18-16/h3-8,10-12,20H,1-2,9H2,(H,21,22). The highest BCUT2D eigenvalue weighted by Gasteiger charge is 2.02. The summed E-state index contributed by atoms with van der Waals surface area (Å²) in [6.07, 6.45) is 4.93. The molecule has 0 saturated heterocycles. The van der Waals surface area contributed by atoms with Crippen LogP contribution in [0.15, 0.2) is 54.9 Å². The molecule has 0 fully saturated rings. The van der Waals surface area contributed by atoms with E-state index in [-0.39, 0.29) is 0 Å². The Kier molecular flexibility index (Phi) is 5.47. The van der Waals surface area contributed by atoms with Crippen LogP contribution in [0.2, 0.25) is 0 Å². The van der Waals surface area contributed by atoms with Crippen molar-refractivity contribution in [3.05, 3.63) is 60.4 Å².